The Kier molecular flexibility index (Phi) is 5.16. The van der Waals surface area contributed by atoms with Crippen LogP contribution in [0, 0.1) is 12.8 Å². The smallest absolute Gasteiger partial charge is 0.245 e. The highest BCUT2D eigenvalue weighted by Gasteiger charge is 2.26. The lowest BCUT2D eigenvalue weighted by Gasteiger charge is -2.30. The zero-order valence-corrected chi connectivity index (χ0v) is 15.1. The molecule has 0 spiro atoms. The van der Waals surface area contributed by atoms with Gasteiger partial charge in [-0.3, -0.25) is 9.59 Å². The van der Waals surface area contributed by atoms with Crippen molar-refractivity contribution in [2.75, 3.05) is 18.4 Å². The largest absolute Gasteiger partial charge is 0.339 e. The maximum Gasteiger partial charge on any atom is 0.245 e. The van der Waals surface area contributed by atoms with Gasteiger partial charge in [0.2, 0.25) is 11.8 Å². The van der Waals surface area contributed by atoms with Crippen molar-refractivity contribution >= 4 is 17.5 Å². The molecule has 2 heterocycles. The summed E-state index contributed by atoms with van der Waals surface area (Å²) in [6, 6.07) is 7.59. The van der Waals surface area contributed by atoms with Gasteiger partial charge >= 0.3 is 0 Å². The van der Waals surface area contributed by atoms with Crippen molar-refractivity contribution in [2.24, 2.45) is 13.0 Å². The number of hydrogen-bond acceptors (Lipinski definition) is 4. The molecule has 3 rings (SSSR count). The molecule has 0 bridgehead atoms. The Morgan fingerprint density at radius 3 is 2.62 bits per heavy atom. The molecule has 136 valence electrons. The van der Waals surface area contributed by atoms with Crippen molar-refractivity contribution in [2.45, 2.75) is 19.8 Å². The summed E-state index contributed by atoms with van der Waals surface area (Å²) in [5.41, 5.74) is 1.63. The Morgan fingerprint density at radius 1 is 1.27 bits per heavy atom. The first-order valence-electron chi connectivity index (χ1n) is 8.68. The van der Waals surface area contributed by atoms with Gasteiger partial charge in [-0.2, -0.15) is 0 Å². The number of carbonyl (C=O) groups excluding carboxylic acids is 2. The normalized spacial score (nSPS) is 14.9. The first-order chi connectivity index (χ1) is 12.5. The summed E-state index contributed by atoms with van der Waals surface area (Å²) in [6.45, 7) is 6.57. The monoisotopic (exact) mass is 353 g/mol. The van der Waals surface area contributed by atoms with E-state index in [1.165, 1.54) is 6.08 Å². The Balaban J connectivity index is 1.65. The highest BCUT2D eigenvalue weighted by Crippen LogP contribution is 2.23. The molecule has 0 radical (unpaired) electrons. The molecule has 2 aromatic rings. The van der Waals surface area contributed by atoms with Crippen LogP contribution in [-0.2, 0) is 16.6 Å². The van der Waals surface area contributed by atoms with Crippen molar-refractivity contribution in [3.05, 3.63) is 42.7 Å². The molecule has 0 atom stereocenters. The third-order valence-electron chi connectivity index (χ3n) is 4.83. The van der Waals surface area contributed by atoms with Crippen LogP contribution in [-0.4, -0.2) is 44.6 Å². The standard InChI is InChI=1S/C19H23N5O2/c1-4-17(25)24-10-8-14(9-11-24)19(26)20-16-7-5-6-15(12-16)18-22-21-13(2)23(18)3/h4-7,12,14H,1,8-11H2,2-3H3,(H,20,26). The first-order valence-corrected chi connectivity index (χ1v) is 8.68. The van der Waals surface area contributed by atoms with Crippen LogP contribution in [0.15, 0.2) is 36.9 Å². The third kappa shape index (κ3) is 3.66. The van der Waals surface area contributed by atoms with E-state index in [9.17, 15) is 9.59 Å². The molecule has 7 heteroatoms. The van der Waals surface area contributed by atoms with E-state index in [1.807, 2.05) is 42.8 Å². The van der Waals surface area contributed by atoms with Gasteiger partial charge in [0, 0.05) is 37.3 Å². The van der Waals surface area contributed by atoms with Gasteiger partial charge in [-0.1, -0.05) is 18.7 Å². The molecule has 0 aliphatic carbocycles. The van der Waals surface area contributed by atoms with Crippen molar-refractivity contribution in [3.8, 4) is 11.4 Å². The summed E-state index contributed by atoms with van der Waals surface area (Å²) in [6.07, 6.45) is 2.64. The van der Waals surface area contributed by atoms with E-state index in [4.69, 9.17) is 0 Å². The lowest BCUT2D eigenvalue weighted by molar-refractivity contribution is -0.130. The van der Waals surface area contributed by atoms with E-state index < -0.39 is 0 Å². The molecule has 1 saturated heterocycles. The average Bonchev–Trinajstić information content (AvgIpc) is 3.00. The summed E-state index contributed by atoms with van der Waals surface area (Å²) >= 11 is 0. The number of anilines is 1. The second kappa shape index (κ2) is 7.51. The van der Waals surface area contributed by atoms with Gasteiger partial charge in [0.25, 0.3) is 0 Å². The maximum atomic E-state index is 12.6. The van der Waals surface area contributed by atoms with Gasteiger partial charge in [0.1, 0.15) is 5.82 Å². The number of rotatable bonds is 4. The number of amides is 2. The minimum Gasteiger partial charge on any atom is -0.339 e. The Hall–Kier alpha value is -2.96. The van der Waals surface area contributed by atoms with E-state index in [2.05, 4.69) is 22.1 Å². The fraction of sp³-hybridized carbons (Fsp3) is 0.368. The molecule has 7 nitrogen and oxygen atoms in total. The number of nitrogens with zero attached hydrogens (tertiary/aromatic N) is 4. The molecular weight excluding hydrogens is 330 g/mol. The molecule has 1 fully saturated rings. The fourth-order valence-electron chi connectivity index (χ4n) is 3.13. The molecular formula is C19H23N5O2. The second-order valence-electron chi connectivity index (χ2n) is 6.50. The maximum absolute atomic E-state index is 12.6. The predicted molar refractivity (Wildman–Crippen MR) is 99.3 cm³/mol. The molecule has 0 unspecified atom stereocenters. The highest BCUT2D eigenvalue weighted by molar-refractivity contribution is 5.93. The van der Waals surface area contributed by atoms with Crippen LogP contribution in [0.4, 0.5) is 5.69 Å². The summed E-state index contributed by atoms with van der Waals surface area (Å²) in [7, 11) is 1.91. The highest BCUT2D eigenvalue weighted by atomic mass is 16.2. The van der Waals surface area contributed by atoms with Gasteiger partial charge in [-0.25, -0.2) is 0 Å². The van der Waals surface area contributed by atoms with E-state index in [1.54, 1.807) is 4.90 Å². The average molecular weight is 353 g/mol. The summed E-state index contributed by atoms with van der Waals surface area (Å²) < 4.78 is 1.91. The Morgan fingerprint density at radius 2 is 2.00 bits per heavy atom. The third-order valence-corrected chi connectivity index (χ3v) is 4.83. The zero-order valence-electron chi connectivity index (χ0n) is 15.1. The van der Waals surface area contributed by atoms with Gasteiger partial charge in [0.05, 0.1) is 0 Å². The van der Waals surface area contributed by atoms with Crippen molar-refractivity contribution in [1.29, 1.82) is 0 Å². The van der Waals surface area contributed by atoms with Crippen LogP contribution in [0.5, 0.6) is 0 Å². The van der Waals surface area contributed by atoms with E-state index in [-0.39, 0.29) is 17.7 Å². The molecule has 0 saturated carbocycles. The number of nitrogens with one attached hydrogen (secondary N) is 1. The van der Waals surface area contributed by atoms with Gasteiger partial charge in [-0.15, -0.1) is 10.2 Å². The molecule has 1 N–H and O–H groups in total. The fourth-order valence-corrected chi connectivity index (χ4v) is 3.13. The number of benzene rings is 1. The van der Waals surface area contributed by atoms with Crippen molar-refractivity contribution in [3.63, 3.8) is 0 Å². The lowest BCUT2D eigenvalue weighted by atomic mass is 9.95. The minimum absolute atomic E-state index is 0.0120. The molecule has 2 amide bonds. The van der Waals surface area contributed by atoms with Crippen LogP contribution in [0.25, 0.3) is 11.4 Å². The van der Waals surface area contributed by atoms with Crippen LogP contribution >= 0.6 is 0 Å². The first kappa shape index (κ1) is 17.8. The summed E-state index contributed by atoms with van der Waals surface area (Å²) in [5.74, 6) is 1.41. The number of aromatic nitrogens is 3. The Bertz CT molecular complexity index is 834. The lowest BCUT2D eigenvalue weighted by Crippen LogP contribution is -2.40. The van der Waals surface area contributed by atoms with E-state index >= 15 is 0 Å². The van der Waals surface area contributed by atoms with E-state index in [0.29, 0.717) is 25.9 Å². The number of aryl methyl sites for hydroxylation is 1. The molecule has 26 heavy (non-hydrogen) atoms. The van der Waals surface area contributed by atoms with Crippen LogP contribution in [0.2, 0.25) is 0 Å². The van der Waals surface area contributed by atoms with Gasteiger partial charge in [-0.05, 0) is 38.0 Å². The van der Waals surface area contributed by atoms with E-state index in [0.717, 1.165) is 22.9 Å². The van der Waals surface area contributed by atoms with Gasteiger partial charge < -0.3 is 14.8 Å². The van der Waals surface area contributed by atoms with Crippen LogP contribution < -0.4 is 5.32 Å². The molecule has 1 aliphatic heterocycles. The second-order valence-corrected chi connectivity index (χ2v) is 6.50. The molecule has 1 aromatic heterocycles. The number of hydrogen-bond donors (Lipinski definition) is 1. The van der Waals surface area contributed by atoms with Crippen LogP contribution in [0.3, 0.4) is 0 Å². The summed E-state index contributed by atoms with van der Waals surface area (Å²) in [4.78, 5) is 25.9. The topological polar surface area (TPSA) is 80.1 Å². The quantitative estimate of drug-likeness (QED) is 0.854. The predicted octanol–water partition coefficient (Wildman–Crippen LogP) is 2.15. The molecule has 1 aromatic carbocycles. The zero-order chi connectivity index (χ0) is 18.7. The van der Waals surface area contributed by atoms with Crippen LogP contribution in [0.1, 0.15) is 18.7 Å². The SMILES string of the molecule is C=CC(=O)N1CCC(C(=O)Nc2cccc(-c3nnc(C)n3C)c2)CC1. The Labute approximate surface area is 152 Å². The summed E-state index contributed by atoms with van der Waals surface area (Å²) in [5, 5.41) is 11.2. The van der Waals surface area contributed by atoms with Gasteiger partial charge in [0.15, 0.2) is 5.82 Å². The van der Waals surface area contributed by atoms with Crippen molar-refractivity contribution in [1.82, 2.24) is 19.7 Å². The molecule has 1 aliphatic rings. The number of piperidine rings is 1. The van der Waals surface area contributed by atoms with Crippen molar-refractivity contribution < 1.29 is 9.59 Å². The minimum atomic E-state index is -0.0930. The number of likely N-dealkylation sites (tertiary alicyclic amines) is 1. The number of carbonyl (C=O) groups is 2.